The van der Waals surface area contributed by atoms with Crippen LogP contribution in [-0.2, 0) is 6.54 Å². The maximum absolute atomic E-state index is 5.49. The van der Waals surface area contributed by atoms with E-state index in [1.165, 1.54) is 0 Å². The second-order valence-electron chi connectivity index (χ2n) is 5.22. The molecule has 0 atom stereocenters. The van der Waals surface area contributed by atoms with Crippen LogP contribution in [0.5, 0.6) is 17.2 Å². The highest BCUT2D eigenvalue weighted by atomic mass is 16.7. The molecule has 1 aliphatic rings. The third-order valence-electron chi connectivity index (χ3n) is 3.43. The molecule has 0 aliphatic carbocycles. The van der Waals surface area contributed by atoms with Crippen molar-refractivity contribution in [3.05, 3.63) is 48.0 Å². The predicted octanol–water partition coefficient (Wildman–Crippen LogP) is 1.67. The summed E-state index contributed by atoms with van der Waals surface area (Å²) in [5, 5.41) is 3.08. The Morgan fingerprint density at radius 1 is 1.12 bits per heavy atom. The van der Waals surface area contributed by atoms with Crippen LogP contribution in [0, 0.1) is 0 Å². The van der Waals surface area contributed by atoms with E-state index >= 15 is 0 Å². The van der Waals surface area contributed by atoms with E-state index in [2.05, 4.69) is 15.3 Å². The molecule has 5 N–H and O–H groups in total. The molecule has 2 aromatic carbocycles. The fourth-order valence-corrected chi connectivity index (χ4v) is 2.23. The number of nitrogens with one attached hydrogen (secondary N) is 1. The van der Waals surface area contributed by atoms with Crippen molar-refractivity contribution in [2.75, 3.05) is 19.2 Å². The average molecular weight is 341 g/mol. The average Bonchev–Trinajstić information content (AvgIpc) is 3.07. The van der Waals surface area contributed by atoms with Gasteiger partial charge in [0.25, 0.3) is 0 Å². The molecule has 0 spiro atoms. The Morgan fingerprint density at radius 3 is 2.60 bits per heavy atom. The van der Waals surface area contributed by atoms with Gasteiger partial charge >= 0.3 is 0 Å². The molecule has 1 heterocycles. The third kappa shape index (κ3) is 4.31. The molecule has 0 aromatic heterocycles. The van der Waals surface area contributed by atoms with E-state index in [9.17, 15) is 0 Å². The van der Waals surface area contributed by atoms with Gasteiger partial charge in [-0.1, -0.05) is 6.07 Å². The minimum Gasteiger partial charge on any atom is -0.497 e. The molecule has 2 aromatic rings. The van der Waals surface area contributed by atoms with Gasteiger partial charge in [0, 0.05) is 5.69 Å². The van der Waals surface area contributed by atoms with E-state index in [0.717, 1.165) is 22.7 Å². The molecule has 25 heavy (non-hydrogen) atoms. The summed E-state index contributed by atoms with van der Waals surface area (Å²) < 4.78 is 15.8. The van der Waals surface area contributed by atoms with E-state index in [0.29, 0.717) is 18.3 Å². The number of rotatable bonds is 4. The lowest BCUT2D eigenvalue weighted by atomic mass is 10.2. The Balaban J connectivity index is 1.75. The first-order valence-electron chi connectivity index (χ1n) is 7.58. The number of methoxy groups -OCH3 is 1. The Labute approximate surface area is 145 Å². The first-order chi connectivity index (χ1) is 12.1. The van der Waals surface area contributed by atoms with Crippen LogP contribution >= 0.6 is 0 Å². The van der Waals surface area contributed by atoms with Gasteiger partial charge in [0.1, 0.15) is 5.75 Å². The van der Waals surface area contributed by atoms with Gasteiger partial charge in [-0.3, -0.25) is 0 Å². The highest BCUT2D eigenvalue weighted by molar-refractivity contribution is 6.01. The molecule has 0 radical (unpaired) electrons. The first-order valence-corrected chi connectivity index (χ1v) is 7.58. The maximum Gasteiger partial charge on any atom is 0.231 e. The normalized spacial score (nSPS) is 12.6. The van der Waals surface area contributed by atoms with Crippen molar-refractivity contribution >= 4 is 17.6 Å². The number of hydrogen-bond acceptors (Lipinski definition) is 4. The van der Waals surface area contributed by atoms with Gasteiger partial charge in [-0.05, 0) is 42.0 Å². The molecule has 0 fully saturated rings. The van der Waals surface area contributed by atoms with Crippen molar-refractivity contribution in [1.29, 1.82) is 0 Å². The zero-order valence-corrected chi connectivity index (χ0v) is 13.7. The summed E-state index contributed by atoms with van der Waals surface area (Å²) in [6, 6.07) is 13.0. The monoisotopic (exact) mass is 341 g/mol. The Bertz CT molecular complexity index is 798. The summed E-state index contributed by atoms with van der Waals surface area (Å²) in [5.74, 6) is 2.42. The smallest absolute Gasteiger partial charge is 0.231 e. The summed E-state index contributed by atoms with van der Waals surface area (Å²) in [6.07, 6.45) is 0. The lowest BCUT2D eigenvalue weighted by molar-refractivity contribution is 0.174. The number of guanidine groups is 2. The van der Waals surface area contributed by atoms with Crippen molar-refractivity contribution in [2.45, 2.75) is 6.54 Å². The highest BCUT2D eigenvalue weighted by Crippen LogP contribution is 2.32. The lowest BCUT2D eigenvalue weighted by Crippen LogP contribution is -2.26. The second kappa shape index (κ2) is 7.43. The molecule has 8 nitrogen and oxygen atoms in total. The van der Waals surface area contributed by atoms with E-state index in [4.69, 9.17) is 25.7 Å². The fraction of sp³-hybridized carbons (Fsp3) is 0.176. The molecule has 0 saturated carbocycles. The number of benzene rings is 2. The van der Waals surface area contributed by atoms with Crippen molar-refractivity contribution in [1.82, 2.24) is 0 Å². The van der Waals surface area contributed by atoms with Crippen molar-refractivity contribution in [3.63, 3.8) is 0 Å². The van der Waals surface area contributed by atoms with Crippen LogP contribution in [0.25, 0.3) is 0 Å². The van der Waals surface area contributed by atoms with Crippen LogP contribution in [0.3, 0.4) is 0 Å². The minimum absolute atomic E-state index is 0.0783. The first kappa shape index (κ1) is 16.4. The van der Waals surface area contributed by atoms with Crippen molar-refractivity contribution in [3.8, 4) is 17.2 Å². The molecule has 0 saturated heterocycles. The Kier molecular flexibility index (Phi) is 4.89. The van der Waals surface area contributed by atoms with Gasteiger partial charge in [0.15, 0.2) is 17.5 Å². The molecule has 0 unspecified atom stereocenters. The molecule has 0 amide bonds. The summed E-state index contributed by atoms with van der Waals surface area (Å²) in [4.78, 5) is 8.45. The second-order valence-corrected chi connectivity index (χ2v) is 5.22. The third-order valence-corrected chi connectivity index (χ3v) is 3.43. The zero-order chi connectivity index (χ0) is 17.6. The molecule has 3 rings (SSSR count). The van der Waals surface area contributed by atoms with Gasteiger partial charge in [0.05, 0.1) is 13.7 Å². The molecule has 8 heteroatoms. The van der Waals surface area contributed by atoms with Crippen LogP contribution in [0.2, 0.25) is 0 Å². The Morgan fingerprint density at radius 2 is 1.88 bits per heavy atom. The summed E-state index contributed by atoms with van der Waals surface area (Å²) in [5.41, 5.74) is 12.7. The van der Waals surface area contributed by atoms with Gasteiger partial charge in [-0.15, -0.1) is 0 Å². The number of anilines is 1. The van der Waals surface area contributed by atoms with E-state index in [-0.39, 0.29) is 12.8 Å². The van der Waals surface area contributed by atoms with E-state index in [1.54, 1.807) is 7.11 Å². The number of ether oxygens (including phenoxy) is 3. The number of nitrogens with zero attached hydrogens (tertiary/aromatic N) is 2. The lowest BCUT2D eigenvalue weighted by Gasteiger charge is -2.08. The SMILES string of the molecule is COc1ccc(NC(N=C(N)N)=NCc2ccc3c(c2)OCO3)cc1. The van der Waals surface area contributed by atoms with Gasteiger partial charge in [-0.25, -0.2) is 4.99 Å². The van der Waals surface area contributed by atoms with Gasteiger partial charge in [0.2, 0.25) is 12.8 Å². The van der Waals surface area contributed by atoms with Crippen LogP contribution in [0.15, 0.2) is 52.4 Å². The summed E-state index contributed by atoms with van der Waals surface area (Å²) in [6.45, 7) is 0.617. The topological polar surface area (TPSA) is 116 Å². The minimum atomic E-state index is -0.0783. The molecular weight excluding hydrogens is 322 g/mol. The number of hydrogen-bond donors (Lipinski definition) is 3. The molecular formula is C17H19N5O3. The van der Waals surface area contributed by atoms with Gasteiger partial charge < -0.3 is 31.0 Å². The zero-order valence-electron chi connectivity index (χ0n) is 13.7. The summed E-state index contributed by atoms with van der Waals surface area (Å²) in [7, 11) is 1.61. The largest absolute Gasteiger partial charge is 0.497 e. The Hall–Kier alpha value is -3.42. The molecule has 130 valence electrons. The van der Waals surface area contributed by atoms with Crippen LogP contribution < -0.4 is 31.0 Å². The maximum atomic E-state index is 5.49. The van der Waals surface area contributed by atoms with Crippen LogP contribution in [0.4, 0.5) is 5.69 Å². The quantitative estimate of drug-likeness (QED) is 0.575. The molecule has 0 bridgehead atoms. The number of aliphatic imine (C=N–C) groups is 2. The van der Waals surface area contributed by atoms with E-state index in [1.807, 2.05) is 42.5 Å². The number of fused-ring (bicyclic) bond motifs is 1. The summed E-state index contributed by atoms with van der Waals surface area (Å²) >= 11 is 0. The van der Waals surface area contributed by atoms with Crippen LogP contribution in [-0.4, -0.2) is 25.8 Å². The highest BCUT2D eigenvalue weighted by Gasteiger charge is 2.13. The fourth-order valence-electron chi connectivity index (χ4n) is 2.23. The molecule has 1 aliphatic heterocycles. The van der Waals surface area contributed by atoms with Crippen molar-refractivity contribution in [2.24, 2.45) is 21.5 Å². The predicted molar refractivity (Wildman–Crippen MR) is 96.1 cm³/mol. The van der Waals surface area contributed by atoms with Gasteiger partial charge in [-0.2, -0.15) is 4.99 Å². The van der Waals surface area contributed by atoms with Crippen LogP contribution in [0.1, 0.15) is 5.56 Å². The number of nitrogens with two attached hydrogens (primary N) is 2. The van der Waals surface area contributed by atoms with Crippen molar-refractivity contribution < 1.29 is 14.2 Å². The standard InChI is InChI=1S/C17H19N5O3/c1-23-13-5-3-12(4-6-13)21-17(22-16(18)19)20-9-11-2-7-14-15(8-11)25-10-24-14/h2-8H,9-10H2,1H3,(H5,18,19,20,21,22). The van der Waals surface area contributed by atoms with E-state index < -0.39 is 0 Å².